The third kappa shape index (κ3) is 3.95. The molecule has 0 aliphatic heterocycles. The molecule has 0 aliphatic carbocycles. The molecule has 21 heavy (non-hydrogen) atoms. The molecule has 0 radical (unpaired) electrons. The number of para-hydroxylation sites is 1. The van der Waals surface area contributed by atoms with Gasteiger partial charge in [-0.25, -0.2) is 9.78 Å². The van der Waals surface area contributed by atoms with Gasteiger partial charge in [0.05, 0.1) is 29.0 Å². The van der Waals surface area contributed by atoms with Crippen molar-refractivity contribution in [3.05, 3.63) is 39.8 Å². The highest BCUT2D eigenvalue weighted by molar-refractivity contribution is 7.09. The summed E-state index contributed by atoms with van der Waals surface area (Å²) < 4.78 is 5.67. The maximum absolute atomic E-state index is 11.3. The van der Waals surface area contributed by atoms with Gasteiger partial charge >= 0.3 is 5.97 Å². The predicted molar refractivity (Wildman–Crippen MR) is 83.3 cm³/mol. The molecule has 0 bridgehead atoms. The lowest BCUT2D eigenvalue weighted by Gasteiger charge is -2.17. The average Bonchev–Trinajstić information content (AvgIpc) is 2.82. The predicted octanol–water partition coefficient (Wildman–Crippen LogP) is 3.55. The van der Waals surface area contributed by atoms with Crippen LogP contribution in [0.1, 0.15) is 34.9 Å². The summed E-state index contributed by atoms with van der Waals surface area (Å²) in [5, 5.41) is 15.5. The Labute approximate surface area is 127 Å². The van der Waals surface area contributed by atoms with Gasteiger partial charge in [0.1, 0.15) is 5.56 Å². The molecule has 0 atom stereocenters. The van der Waals surface area contributed by atoms with E-state index in [-0.39, 0.29) is 11.7 Å². The van der Waals surface area contributed by atoms with Gasteiger partial charge in [0, 0.05) is 5.38 Å². The Morgan fingerprint density at radius 1 is 1.48 bits per heavy atom. The zero-order chi connectivity index (χ0) is 15.4. The lowest BCUT2D eigenvalue weighted by Crippen LogP contribution is -2.12. The van der Waals surface area contributed by atoms with Crippen molar-refractivity contribution in [2.45, 2.75) is 33.4 Å². The van der Waals surface area contributed by atoms with E-state index >= 15 is 0 Å². The van der Waals surface area contributed by atoms with Gasteiger partial charge < -0.3 is 15.2 Å². The second-order valence-corrected chi connectivity index (χ2v) is 5.93. The van der Waals surface area contributed by atoms with E-state index in [1.807, 2.05) is 32.2 Å². The summed E-state index contributed by atoms with van der Waals surface area (Å²) in [6.07, 6.45) is -0.104. The van der Waals surface area contributed by atoms with Gasteiger partial charge in [0.25, 0.3) is 0 Å². The third-order valence-corrected chi connectivity index (χ3v) is 3.55. The molecule has 112 valence electrons. The number of thiazole rings is 1. The van der Waals surface area contributed by atoms with Crippen LogP contribution >= 0.6 is 11.3 Å². The van der Waals surface area contributed by atoms with Crippen molar-refractivity contribution in [3.63, 3.8) is 0 Å². The minimum atomic E-state index is -1.00. The number of nitrogens with zero attached hydrogens (tertiary/aromatic N) is 1. The number of ether oxygens (including phenoxy) is 1. The molecule has 6 heteroatoms. The fraction of sp³-hybridized carbons (Fsp3) is 0.333. The van der Waals surface area contributed by atoms with Crippen LogP contribution in [0.15, 0.2) is 23.6 Å². The molecule has 0 saturated heterocycles. The van der Waals surface area contributed by atoms with Crippen molar-refractivity contribution in [3.8, 4) is 5.75 Å². The number of carbonyl (C=O) groups is 1. The molecule has 0 unspecified atom stereocenters. The van der Waals surface area contributed by atoms with Crippen LogP contribution in [-0.2, 0) is 6.54 Å². The molecule has 1 aromatic carbocycles. The van der Waals surface area contributed by atoms with Gasteiger partial charge in [-0.05, 0) is 32.9 Å². The highest BCUT2D eigenvalue weighted by atomic mass is 32.1. The van der Waals surface area contributed by atoms with Crippen LogP contribution < -0.4 is 10.1 Å². The second kappa shape index (κ2) is 6.58. The summed E-state index contributed by atoms with van der Waals surface area (Å²) in [6, 6.07) is 5.05. The summed E-state index contributed by atoms with van der Waals surface area (Å²) in [5.74, 6) is -0.634. The van der Waals surface area contributed by atoms with Crippen LogP contribution in [0, 0.1) is 6.92 Å². The van der Waals surface area contributed by atoms with E-state index in [0.29, 0.717) is 18.0 Å². The molecule has 0 aliphatic rings. The van der Waals surface area contributed by atoms with Crippen molar-refractivity contribution in [2.75, 3.05) is 5.32 Å². The molecule has 1 aromatic heterocycles. The summed E-state index contributed by atoms with van der Waals surface area (Å²) in [5.41, 5.74) is 1.74. The van der Waals surface area contributed by atoms with Crippen molar-refractivity contribution >= 4 is 23.0 Å². The highest BCUT2D eigenvalue weighted by Crippen LogP contribution is 2.30. The number of rotatable bonds is 6. The first kappa shape index (κ1) is 15.3. The second-order valence-electron chi connectivity index (χ2n) is 4.87. The first-order chi connectivity index (χ1) is 9.97. The van der Waals surface area contributed by atoms with Crippen LogP contribution in [0.5, 0.6) is 5.75 Å². The standard InChI is InChI=1S/C15H18N2O3S/c1-9(2)20-14-12(15(18)19)5-4-6-13(14)16-7-11-8-21-10(3)17-11/h4-6,8-9,16H,7H2,1-3H3,(H,18,19). The van der Waals surface area contributed by atoms with E-state index in [1.165, 1.54) is 6.07 Å². The molecule has 0 spiro atoms. The van der Waals surface area contributed by atoms with Gasteiger partial charge in [-0.1, -0.05) is 6.07 Å². The average molecular weight is 306 g/mol. The Bertz CT molecular complexity index is 638. The quantitative estimate of drug-likeness (QED) is 0.854. The summed E-state index contributed by atoms with van der Waals surface area (Å²) in [7, 11) is 0. The van der Waals surface area contributed by atoms with Crippen molar-refractivity contribution in [2.24, 2.45) is 0 Å². The van der Waals surface area contributed by atoms with Gasteiger partial charge in [-0.3, -0.25) is 0 Å². The smallest absolute Gasteiger partial charge is 0.339 e. The Balaban J connectivity index is 2.24. The van der Waals surface area contributed by atoms with Crippen molar-refractivity contribution in [1.29, 1.82) is 0 Å². The third-order valence-electron chi connectivity index (χ3n) is 2.73. The van der Waals surface area contributed by atoms with Crippen molar-refractivity contribution in [1.82, 2.24) is 4.98 Å². The van der Waals surface area contributed by atoms with E-state index in [9.17, 15) is 9.90 Å². The molecule has 0 amide bonds. The largest absolute Gasteiger partial charge is 0.488 e. The van der Waals surface area contributed by atoms with Crippen LogP contribution in [0.25, 0.3) is 0 Å². The number of hydrogen-bond donors (Lipinski definition) is 2. The first-order valence-electron chi connectivity index (χ1n) is 6.65. The normalized spacial score (nSPS) is 10.7. The molecular weight excluding hydrogens is 288 g/mol. The molecule has 2 rings (SSSR count). The molecule has 2 aromatic rings. The first-order valence-corrected chi connectivity index (χ1v) is 7.53. The number of hydrogen-bond acceptors (Lipinski definition) is 5. The maximum Gasteiger partial charge on any atom is 0.339 e. The zero-order valence-corrected chi connectivity index (χ0v) is 13.0. The maximum atomic E-state index is 11.3. The minimum Gasteiger partial charge on any atom is -0.488 e. The fourth-order valence-corrected chi connectivity index (χ4v) is 2.50. The lowest BCUT2D eigenvalue weighted by molar-refractivity contribution is 0.0690. The van der Waals surface area contributed by atoms with E-state index in [2.05, 4.69) is 10.3 Å². The van der Waals surface area contributed by atoms with Crippen LogP contribution in [0.2, 0.25) is 0 Å². The number of anilines is 1. The Morgan fingerprint density at radius 3 is 2.81 bits per heavy atom. The Kier molecular flexibility index (Phi) is 4.80. The number of nitrogens with one attached hydrogen (secondary N) is 1. The van der Waals surface area contributed by atoms with Gasteiger partial charge in [-0.15, -0.1) is 11.3 Å². The van der Waals surface area contributed by atoms with Gasteiger partial charge in [0.15, 0.2) is 5.75 Å². The summed E-state index contributed by atoms with van der Waals surface area (Å²) in [4.78, 5) is 15.7. The lowest BCUT2D eigenvalue weighted by atomic mass is 10.1. The number of carboxylic acids is 1. The fourth-order valence-electron chi connectivity index (χ4n) is 1.88. The van der Waals surface area contributed by atoms with E-state index in [1.54, 1.807) is 17.4 Å². The van der Waals surface area contributed by atoms with Crippen LogP contribution in [-0.4, -0.2) is 22.2 Å². The van der Waals surface area contributed by atoms with Crippen LogP contribution in [0.4, 0.5) is 5.69 Å². The molecular formula is C15H18N2O3S. The Morgan fingerprint density at radius 2 is 2.24 bits per heavy atom. The molecule has 0 saturated carbocycles. The number of aryl methyl sites for hydroxylation is 1. The van der Waals surface area contributed by atoms with E-state index in [4.69, 9.17) is 4.74 Å². The topological polar surface area (TPSA) is 71.5 Å². The SMILES string of the molecule is Cc1nc(CNc2cccc(C(=O)O)c2OC(C)C)cs1. The molecule has 5 nitrogen and oxygen atoms in total. The number of aromatic nitrogens is 1. The van der Waals surface area contributed by atoms with E-state index < -0.39 is 5.97 Å². The molecule has 0 fully saturated rings. The minimum absolute atomic E-state index is 0.104. The van der Waals surface area contributed by atoms with Gasteiger partial charge in [-0.2, -0.15) is 0 Å². The van der Waals surface area contributed by atoms with Crippen LogP contribution in [0.3, 0.4) is 0 Å². The zero-order valence-electron chi connectivity index (χ0n) is 12.2. The number of carboxylic acid groups (broad SMARTS) is 1. The van der Waals surface area contributed by atoms with Gasteiger partial charge in [0.2, 0.25) is 0 Å². The highest BCUT2D eigenvalue weighted by Gasteiger charge is 2.16. The molecule has 1 heterocycles. The van der Waals surface area contributed by atoms with E-state index in [0.717, 1.165) is 10.7 Å². The summed E-state index contributed by atoms with van der Waals surface area (Å²) in [6.45, 7) is 6.22. The molecule has 2 N–H and O–H groups in total. The summed E-state index contributed by atoms with van der Waals surface area (Å²) >= 11 is 1.59. The Hall–Kier alpha value is -2.08. The van der Waals surface area contributed by atoms with Crippen molar-refractivity contribution < 1.29 is 14.6 Å². The number of aromatic carboxylic acids is 1. The number of benzene rings is 1. The monoisotopic (exact) mass is 306 g/mol.